The molecular formula is C24H26Cl2N4O2. The molecule has 0 saturated carbocycles. The molecule has 0 radical (unpaired) electrons. The Morgan fingerprint density at radius 1 is 1.09 bits per heavy atom. The summed E-state index contributed by atoms with van der Waals surface area (Å²) < 4.78 is 10.2. The van der Waals surface area contributed by atoms with Crippen LogP contribution in [0.5, 0.6) is 0 Å². The van der Waals surface area contributed by atoms with Crippen molar-refractivity contribution in [2.75, 3.05) is 13.2 Å². The van der Waals surface area contributed by atoms with Gasteiger partial charge in [-0.1, -0.05) is 29.3 Å². The highest BCUT2D eigenvalue weighted by Crippen LogP contribution is 2.43. The van der Waals surface area contributed by atoms with Crippen LogP contribution in [-0.2, 0) is 22.5 Å². The number of hydrogen-bond donors (Lipinski definition) is 0. The highest BCUT2D eigenvalue weighted by molar-refractivity contribution is 6.45. The molecule has 0 N–H and O–H groups in total. The lowest BCUT2D eigenvalue weighted by atomic mass is 9.98. The monoisotopic (exact) mass is 472 g/mol. The fourth-order valence-electron chi connectivity index (χ4n) is 5.69. The number of likely N-dealkylation sites (tertiary alicyclic amines) is 1. The van der Waals surface area contributed by atoms with E-state index in [4.69, 9.17) is 27.9 Å². The van der Waals surface area contributed by atoms with Crippen LogP contribution < -0.4 is 0 Å². The minimum atomic E-state index is 0.00537. The molecule has 0 bridgehead atoms. The van der Waals surface area contributed by atoms with E-state index in [0.29, 0.717) is 16.5 Å². The Hall–Kier alpha value is -2.02. The molecule has 5 heterocycles. The summed E-state index contributed by atoms with van der Waals surface area (Å²) in [5.41, 5.74) is 4.46. The molecule has 2 atom stereocenters. The smallest absolute Gasteiger partial charge is 0.222 e. The van der Waals surface area contributed by atoms with E-state index in [-0.39, 0.29) is 18.2 Å². The fraction of sp³-hybridized carbons (Fsp3) is 0.500. The van der Waals surface area contributed by atoms with E-state index < -0.39 is 0 Å². The van der Waals surface area contributed by atoms with Gasteiger partial charge in [-0.2, -0.15) is 5.10 Å². The number of ether oxygens (including phenoxy) is 1. The quantitative estimate of drug-likeness (QED) is 0.509. The number of amides is 1. The Balaban J connectivity index is 1.45. The number of halogens is 2. The first-order chi connectivity index (χ1) is 15.6. The third-order valence-electron chi connectivity index (χ3n) is 7.22. The van der Waals surface area contributed by atoms with Gasteiger partial charge in [0.2, 0.25) is 5.91 Å². The Kier molecular flexibility index (Phi) is 5.20. The number of hydrogen-bond acceptors (Lipinski definition) is 3. The fourth-order valence-corrected chi connectivity index (χ4v) is 6.11. The van der Waals surface area contributed by atoms with Gasteiger partial charge >= 0.3 is 0 Å². The van der Waals surface area contributed by atoms with Gasteiger partial charge in [0, 0.05) is 60.6 Å². The topological polar surface area (TPSA) is 52.3 Å². The van der Waals surface area contributed by atoms with Crippen molar-refractivity contribution < 1.29 is 9.53 Å². The molecule has 2 saturated heterocycles. The van der Waals surface area contributed by atoms with Crippen molar-refractivity contribution in [2.24, 2.45) is 0 Å². The van der Waals surface area contributed by atoms with Gasteiger partial charge in [-0.3, -0.25) is 4.79 Å². The Bertz CT molecular complexity index is 1190. The molecule has 168 valence electrons. The van der Waals surface area contributed by atoms with Crippen LogP contribution in [0.2, 0.25) is 10.0 Å². The Morgan fingerprint density at radius 3 is 2.78 bits per heavy atom. The summed E-state index contributed by atoms with van der Waals surface area (Å²) in [6, 6.07) is 4.14. The van der Waals surface area contributed by atoms with Gasteiger partial charge in [-0.25, -0.2) is 4.68 Å². The minimum Gasteiger partial charge on any atom is -0.357 e. The van der Waals surface area contributed by atoms with E-state index >= 15 is 0 Å². The third kappa shape index (κ3) is 3.27. The summed E-state index contributed by atoms with van der Waals surface area (Å²) in [7, 11) is 0. The van der Waals surface area contributed by atoms with Crippen molar-refractivity contribution in [1.82, 2.24) is 19.2 Å². The zero-order chi connectivity index (χ0) is 21.8. The SMILES string of the molecule is O=C1CCCN1C1CCc2c(-c3cnn(C4CCCCO4)c3)c3ccc(Cl)c(Cl)c3n2C1. The molecule has 3 aromatic rings. The van der Waals surface area contributed by atoms with Gasteiger partial charge in [-0.15, -0.1) is 0 Å². The second-order valence-corrected chi connectivity index (χ2v) is 9.89. The van der Waals surface area contributed by atoms with Crippen LogP contribution in [0.1, 0.15) is 50.4 Å². The third-order valence-corrected chi connectivity index (χ3v) is 8.02. The second-order valence-electron chi connectivity index (χ2n) is 9.10. The van der Waals surface area contributed by atoms with Crippen LogP contribution in [0.25, 0.3) is 22.0 Å². The molecule has 6 rings (SSSR count). The summed E-state index contributed by atoms with van der Waals surface area (Å²) in [4.78, 5) is 14.5. The molecule has 3 aliphatic rings. The number of aromatic nitrogens is 3. The van der Waals surface area contributed by atoms with Crippen LogP contribution in [0.15, 0.2) is 24.5 Å². The van der Waals surface area contributed by atoms with Crippen molar-refractivity contribution >= 4 is 40.0 Å². The number of carbonyl (C=O) groups is 1. The van der Waals surface area contributed by atoms with Gasteiger partial charge in [0.1, 0.15) is 6.23 Å². The van der Waals surface area contributed by atoms with Crippen LogP contribution in [0.4, 0.5) is 0 Å². The van der Waals surface area contributed by atoms with Crippen molar-refractivity contribution in [2.45, 2.75) is 63.8 Å². The molecule has 32 heavy (non-hydrogen) atoms. The van der Waals surface area contributed by atoms with Crippen LogP contribution in [0.3, 0.4) is 0 Å². The molecule has 0 aliphatic carbocycles. The maximum Gasteiger partial charge on any atom is 0.222 e. The lowest BCUT2D eigenvalue weighted by Gasteiger charge is -2.33. The molecule has 2 aromatic heterocycles. The second kappa shape index (κ2) is 8.08. The zero-order valence-corrected chi connectivity index (χ0v) is 19.4. The Labute approximate surface area is 197 Å². The Morgan fingerprint density at radius 2 is 2.00 bits per heavy atom. The molecule has 2 fully saturated rings. The normalized spacial score (nSPS) is 23.8. The van der Waals surface area contributed by atoms with Crippen LogP contribution in [-0.4, -0.2) is 44.3 Å². The molecule has 1 amide bonds. The van der Waals surface area contributed by atoms with Crippen LogP contribution >= 0.6 is 23.2 Å². The molecule has 8 heteroatoms. The predicted octanol–water partition coefficient (Wildman–Crippen LogP) is 5.45. The van der Waals surface area contributed by atoms with Crippen molar-refractivity contribution in [3.63, 3.8) is 0 Å². The summed E-state index contributed by atoms with van der Waals surface area (Å²) >= 11 is 13.2. The number of rotatable bonds is 3. The van der Waals surface area contributed by atoms with Crippen molar-refractivity contribution in [1.29, 1.82) is 0 Å². The van der Waals surface area contributed by atoms with E-state index in [1.165, 1.54) is 11.3 Å². The van der Waals surface area contributed by atoms with Gasteiger partial charge in [0.25, 0.3) is 0 Å². The van der Waals surface area contributed by atoms with Gasteiger partial charge in [-0.05, 0) is 44.6 Å². The first kappa shape index (κ1) is 20.6. The van der Waals surface area contributed by atoms with E-state index in [2.05, 4.69) is 26.8 Å². The average Bonchev–Trinajstić information content (AvgIpc) is 3.53. The van der Waals surface area contributed by atoms with Crippen molar-refractivity contribution in [3.05, 3.63) is 40.3 Å². The first-order valence-electron chi connectivity index (χ1n) is 11.6. The average molecular weight is 473 g/mol. The lowest BCUT2D eigenvalue weighted by Crippen LogP contribution is -2.42. The molecule has 3 aliphatic heterocycles. The van der Waals surface area contributed by atoms with E-state index in [0.717, 1.165) is 74.7 Å². The standard InChI is InChI=1S/C24H26Cl2N4O2/c25-18-8-7-17-22(15-12-27-30(13-15)21-5-1-2-11-32-21)19-9-6-16(28-10-3-4-20(28)31)14-29(19)24(17)23(18)26/h7-8,12-13,16,21H,1-6,9-11,14H2. The molecule has 2 unspecified atom stereocenters. The van der Waals surface area contributed by atoms with Crippen LogP contribution in [0, 0.1) is 0 Å². The van der Waals surface area contributed by atoms with E-state index in [1.807, 2.05) is 16.9 Å². The van der Waals surface area contributed by atoms with E-state index in [9.17, 15) is 4.79 Å². The maximum atomic E-state index is 12.4. The number of nitrogens with zero attached hydrogens (tertiary/aromatic N) is 4. The largest absolute Gasteiger partial charge is 0.357 e. The number of benzene rings is 1. The van der Waals surface area contributed by atoms with Gasteiger partial charge < -0.3 is 14.2 Å². The zero-order valence-electron chi connectivity index (χ0n) is 17.9. The number of fused-ring (bicyclic) bond motifs is 3. The summed E-state index contributed by atoms with van der Waals surface area (Å²) in [5, 5.41) is 6.87. The van der Waals surface area contributed by atoms with Gasteiger partial charge in [0.05, 0.1) is 21.8 Å². The summed E-state index contributed by atoms with van der Waals surface area (Å²) in [5.74, 6) is 0.271. The number of carbonyl (C=O) groups excluding carboxylic acids is 1. The predicted molar refractivity (Wildman–Crippen MR) is 125 cm³/mol. The summed E-state index contributed by atoms with van der Waals surface area (Å²) in [6.07, 6.45) is 10.8. The molecule has 6 nitrogen and oxygen atoms in total. The maximum absolute atomic E-state index is 12.4. The summed E-state index contributed by atoms with van der Waals surface area (Å²) in [6.45, 7) is 2.39. The van der Waals surface area contributed by atoms with Crippen molar-refractivity contribution in [3.8, 4) is 11.1 Å². The molecule has 0 spiro atoms. The molecule has 1 aromatic carbocycles. The lowest BCUT2D eigenvalue weighted by molar-refractivity contribution is -0.130. The first-order valence-corrected chi connectivity index (χ1v) is 12.3. The van der Waals surface area contributed by atoms with Gasteiger partial charge in [0.15, 0.2) is 0 Å². The highest BCUT2D eigenvalue weighted by atomic mass is 35.5. The highest BCUT2D eigenvalue weighted by Gasteiger charge is 2.34. The molecular weight excluding hydrogens is 447 g/mol. The minimum absolute atomic E-state index is 0.00537. The van der Waals surface area contributed by atoms with E-state index in [1.54, 1.807) is 0 Å².